The molecule has 1 aliphatic heterocycles. The molecule has 7 heteroatoms. The van der Waals surface area contributed by atoms with Gasteiger partial charge < -0.3 is 30.1 Å². The van der Waals surface area contributed by atoms with Crippen LogP contribution >= 0.6 is 0 Å². The summed E-state index contributed by atoms with van der Waals surface area (Å²) in [7, 11) is 0. The Hall–Kier alpha value is -1.67. The monoisotopic (exact) mass is 365 g/mol. The minimum Gasteiger partial charge on any atom is -0.462 e. The third kappa shape index (κ3) is 4.54. The number of aliphatic hydroxyl groups is 3. The van der Waals surface area contributed by atoms with Crippen molar-refractivity contribution in [3.8, 4) is 0 Å². The molecule has 1 unspecified atom stereocenters. The third-order valence-corrected chi connectivity index (χ3v) is 5.15. The van der Waals surface area contributed by atoms with Crippen molar-refractivity contribution in [2.24, 2.45) is 5.92 Å². The van der Waals surface area contributed by atoms with Crippen molar-refractivity contribution in [3.63, 3.8) is 0 Å². The summed E-state index contributed by atoms with van der Waals surface area (Å²) in [5.41, 5.74) is 1.09. The van der Waals surface area contributed by atoms with Crippen LogP contribution in [0.5, 0.6) is 0 Å². The van der Waals surface area contributed by atoms with Gasteiger partial charge >= 0.3 is 5.97 Å². The molecule has 1 heterocycles. The Balaban J connectivity index is 1.50. The second-order valence-corrected chi connectivity index (χ2v) is 7.08. The standard InChI is InChI=1S/C19H27NO6/c21-10-15-16(22)17(23)18(26-15)20-14-8-6-13(7-9-14)19(24)25-11-12-4-2-1-3-5-12/h6-9,12,15-18,20-23H,1-5,10-11H2/t15-,16-,17-,18?/m1/s1. The molecule has 26 heavy (non-hydrogen) atoms. The maximum atomic E-state index is 12.2. The van der Waals surface area contributed by atoms with Crippen LogP contribution in [-0.2, 0) is 9.47 Å². The summed E-state index contributed by atoms with van der Waals surface area (Å²) in [6, 6.07) is 6.66. The first-order chi connectivity index (χ1) is 12.6. The van der Waals surface area contributed by atoms with E-state index in [-0.39, 0.29) is 12.6 Å². The van der Waals surface area contributed by atoms with E-state index in [0.717, 1.165) is 12.8 Å². The normalized spacial score (nSPS) is 29.5. The van der Waals surface area contributed by atoms with Crippen molar-refractivity contribution in [2.75, 3.05) is 18.5 Å². The molecular formula is C19H27NO6. The smallest absolute Gasteiger partial charge is 0.338 e. The lowest BCUT2D eigenvalue weighted by Crippen LogP contribution is -2.36. The van der Waals surface area contributed by atoms with Gasteiger partial charge in [0.25, 0.3) is 0 Å². The molecule has 0 radical (unpaired) electrons. The van der Waals surface area contributed by atoms with Crippen molar-refractivity contribution in [3.05, 3.63) is 29.8 Å². The highest BCUT2D eigenvalue weighted by molar-refractivity contribution is 5.89. The molecule has 1 aromatic rings. The molecule has 0 amide bonds. The Morgan fingerprint density at radius 1 is 1.12 bits per heavy atom. The van der Waals surface area contributed by atoms with E-state index >= 15 is 0 Å². The van der Waals surface area contributed by atoms with Gasteiger partial charge in [0.2, 0.25) is 0 Å². The highest BCUT2D eigenvalue weighted by Crippen LogP contribution is 2.25. The summed E-state index contributed by atoms with van der Waals surface area (Å²) in [5.74, 6) is 0.135. The molecule has 4 atom stereocenters. The predicted molar refractivity (Wildman–Crippen MR) is 94.7 cm³/mol. The van der Waals surface area contributed by atoms with E-state index in [1.54, 1.807) is 24.3 Å². The Kier molecular flexibility index (Phi) is 6.48. The van der Waals surface area contributed by atoms with Gasteiger partial charge in [-0.3, -0.25) is 0 Å². The van der Waals surface area contributed by atoms with Crippen molar-refractivity contribution >= 4 is 11.7 Å². The van der Waals surface area contributed by atoms with E-state index in [1.165, 1.54) is 19.3 Å². The van der Waals surface area contributed by atoms with Gasteiger partial charge in [0.1, 0.15) is 18.3 Å². The molecule has 4 N–H and O–H groups in total. The van der Waals surface area contributed by atoms with Crippen LogP contribution in [0.4, 0.5) is 5.69 Å². The van der Waals surface area contributed by atoms with Crippen molar-refractivity contribution in [1.29, 1.82) is 0 Å². The van der Waals surface area contributed by atoms with Crippen LogP contribution in [0.15, 0.2) is 24.3 Å². The summed E-state index contributed by atoms with van der Waals surface area (Å²) < 4.78 is 10.8. The molecule has 1 aromatic carbocycles. The molecule has 0 bridgehead atoms. The molecule has 1 saturated carbocycles. The fraction of sp³-hybridized carbons (Fsp3) is 0.632. The molecule has 1 saturated heterocycles. The molecule has 1 aliphatic carbocycles. The number of esters is 1. The minimum absolute atomic E-state index is 0.338. The number of nitrogens with one attached hydrogen (secondary N) is 1. The second-order valence-electron chi connectivity index (χ2n) is 7.08. The van der Waals surface area contributed by atoms with Gasteiger partial charge in [-0.05, 0) is 43.0 Å². The molecule has 2 aliphatic rings. The Morgan fingerprint density at radius 3 is 2.42 bits per heavy atom. The van der Waals surface area contributed by atoms with Crippen molar-refractivity contribution in [1.82, 2.24) is 0 Å². The van der Waals surface area contributed by atoms with Gasteiger partial charge in [-0.1, -0.05) is 19.3 Å². The highest BCUT2D eigenvalue weighted by atomic mass is 16.6. The number of anilines is 1. The lowest BCUT2D eigenvalue weighted by molar-refractivity contribution is -0.0153. The van der Waals surface area contributed by atoms with Gasteiger partial charge in [0.15, 0.2) is 6.23 Å². The quantitative estimate of drug-likeness (QED) is 0.562. The van der Waals surface area contributed by atoms with Crippen LogP contribution < -0.4 is 5.32 Å². The summed E-state index contributed by atoms with van der Waals surface area (Å²) >= 11 is 0. The SMILES string of the molecule is O=C(OCC1CCCCC1)c1ccc(NC2O[C@H](CO)[C@@H](O)[C@H]2O)cc1. The topological polar surface area (TPSA) is 108 Å². The first-order valence-corrected chi connectivity index (χ1v) is 9.24. The van der Waals surface area contributed by atoms with E-state index in [1.807, 2.05) is 0 Å². The molecular weight excluding hydrogens is 338 g/mol. The number of ether oxygens (including phenoxy) is 2. The van der Waals surface area contributed by atoms with Crippen molar-refractivity contribution in [2.45, 2.75) is 56.6 Å². The van der Waals surface area contributed by atoms with E-state index in [9.17, 15) is 15.0 Å². The zero-order valence-electron chi connectivity index (χ0n) is 14.7. The average Bonchev–Trinajstić information content (AvgIpc) is 2.95. The number of benzene rings is 1. The molecule has 2 fully saturated rings. The fourth-order valence-electron chi connectivity index (χ4n) is 3.52. The van der Waals surface area contributed by atoms with Crippen LogP contribution in [0.1, 0.15) is 42.5 Å². The lowest BCUT2D eigenvalue weighted by Gasteiger charge is -2.21. The van der Waals surface area contributed by atoms with Gasteiger partial charge in [-0.15, -0.1) is 0 Å². The first-order valence-electron chi connectivity index (χ1n) is 9.24. The largest absolute Gasteiger partial charge is 0.462 e. The van der Waals surface area contributed by atoms with Gasteiger partial charge in [0, 0.05) is 5.69 Å². The van der Waals surface area contributed by atoms with E-state index in [4.69, 9.17) is 14.6 Å². The number of carbonyl (C=O) groups excluding carboxylic acids is 1. The van der Waals surface area contributed by atoms with Crippen molar-refractivity contribution < 1.29 is 29.6 Å². The van der Waals surface area contributed by atoms with Crippen LogP contribution in [0.2, 0.25) is 0 Å². The lowest BCUT2D eigenvalue weighted by atomic mass is 9.90. The Morgan fingerprint density at radius 2 is 1.81 bits per heavy atom. The number of aliphatic hydroxyl groups excluding tert-OH is 3. The number of rotatable bonds is 6. The molecule has 3 rings (SSSR count). The summed E-state index contributed by atoms with van der Waals surface area (Å²) in [6.45, 7) is 0.101. The molecule has 7 nitrogen and oxygen atoms in total. The Labute approximate surface area is 152 Å². The maximum Gasteiger partial charge on any atom is 0.338 e. The second kappa shape index (κ2) is 8.81. The summed E-state index contributed by atoms with van der Waals surface area (Å²) in [5, 5.41) is 31.7. The Bertz CT molecular complexity index is 586. The predicted octanol–water partition coefficient (Wildman–Crippen LogP) is 1.27. The molecule has 0 aromatic heterocycles. The number of hydrogen-bond acceptors (Lipinski definition) is 7. The molecule has 144 valence electrons. The van der Waals surface area contributed by atoms with Crippen LogP contribution in [0.25, 0.3) is 0 Å². The minimum atomic E-state index is -1.15. The van der Waals surface area contributed by atoms with E-state index in [0.29, 0.717) is 23.8 Å². The first kappa shape index (κ1) is 19.1. The van der Waals surface area contributed by atoms with Gasteiger partial charge in [-0.2, -0.15) is 0 Å². The van der Waals surface area contributed by atoms with Gasteiger partial charge in [0.05, 0.1) is 18.8 Å². The average molecular weight is 365 g/mol. The van der Waals surface area contributed by atoms with E-state index < -0.39 is 24.5 Å². The number of carbonyl (C=O) groups is 1. The third-order valence-electron chi connectivity index (χ3n) is 5.15. The van der Waals surface area contributed by atoms with Crippen LogP contribution in [0.3, 0.4) is 0 Å². The summed E-state index contributed by atoms with van der Waals surface area (Å²) in [6.07, 6.45) is 2.00. The van der Waals surface area contributed by atoms with Gasteiger partial charge in [-0.25, -0.2) is 4.79 Å². The zero-order chi connectivity index (χ0) is 18.5. The zero-order valence-corrected chi connectivity index (χ0v) is 14.7. The fourth-order valence-corrected chi connectivity index (χ4v) is 3.52. The van der Waals surface area contributed by atoms with Crippen LogP contribution in [0, 0.1) is 5.92 Å². The highest BCUT2D eigenvalue weighted by Gasteiger charge is 2.42. The number of hydrogen-bond donors (Lipinski definition) is 4. The maximum absolute atomic E-state index is 12.2. The van der Waals surface area contributed by atoms with Crippen LogP contribution in [-0.4, -0.2) is 59.0 Å². The van der Waals surface area contributed by atoms with E-state index in [2.05, 4.69) is 5.32 Å². The summed E-state index contributed by atoms with van der Waals surface area (Å²) in [4.78, 5) is 12.2. The molecule has 0 spiro atoms.